The van der Waals surface area contributed by atoms with Crippen LogP contribution in [0.25, 0.3) is 0 Å². The molecule has 0 saturated carbocycles. The van der Waals surface area contributed by atoms with Gasteiger partial charge in [0.25, 0.3) is 0 Å². The minimum atomic E-state index is -0.184. The third-order valence-corrected chi connectivity index (χ3v) is 5.25. The standard InChI is InChI=1S/C20H20N4O3S/c25-20(12-28-16-6-7-18-19(10-16)27-9-8-26-18)23-17(11-24-14-21-13-22-24)15-4-2-1-3-5-15/h1-7,10,13-14,17H,8-9,11-12H2,(H,23,25). The van der Waals surface area contributed by atoms with Crippen molar-refractivity contribution >= 4 is 17.7 Å². The molecule has 0 saturated heterocycles. The number of aromatic nitrogens is 3. The molecule has 7 nitrogen and oxygen atoms in total. The van der Waals surface area contributed by atoms with Crippen LogP contribution in [0.2, 0.25) is 0 Å². The van der Waals surface area contributed by atoms with E-state index in [2.05, 4.69) is 15.4 Å². The Hall–Kier alpha value is -3.00. The fourth-order valence-corrected chi connectivity index (χ4v) is 3.67. The summed E-state index contributed by atoms with van der Waals surface area (Å²) < 4.78 is 12.8. The van der Waals surface area contributed by atoms with Crippen LogP contribution in [0.4, 0.5) is 0 Å². The van der Waals surface area contributed by atoms with Gasteiger partial charge in [-0.05, 0) is 23.8 Å². The van der Waals surface area contributed by atoms with Gasteiger partial charge in [-0.3, -0.25) is 9.48 Å². The zero-order valence-corrected chi connectivity index (χ0v) is 16.0. The maximum absolute atomic E-state index is 12.6. The molecular weight excluding hydrogens is 376 g/mol. The van der Waals surface area contributed by atoms with E-state index >= 15 is 0 Å². The molecule has 0 bridgehead atoms. The first-order chi connectivity index (χ1) is 13.8. The van der Waals surface area contributed by atoms with E-state index in [0.717, 1.165) is 22.0 Å². The van der Waals surface area contributed by atoms with Crippen molar-refractivity contribution in [2.45, 2.75) is 17.5 Å². The fraction of sp³-hybridized carbons (Fsp3) is 0.250. The van der Waals surface area contributed by atoms with Gasteiger partial charge < -0.3 is 14.8 Å². The van der Waals surface area contributed by atoms with Gasteiger partial charge in [0.1, 0.15) is 25.9 Å². The molecule has 0 spiro atoms. The Bertz CT molecular complexity index is 918. The molecule has 0 radical (unpaired) electrons. The van der Waals surface area contributed by atoms with E-state index in [-0.39, 0.29) is 11.9 Å². The van der Waals surface area contributed by atoms with Crippen LogP contribution < -0.4 is 14.8 Å². The van der Waals surface area contributed by atoms with E-state index < -0.39 is 0 Å². The van der Waals surface area contributed by atoms with Crippen LogP contribution >= 0.6 is 11.8 Å². The summed E-state index contributed by atoms with van der Waals surface area (Å²) in [6.07, 6.45) is 3.13. The summed E-state index contributed by atoms with van der Waals surface area (Å²) in [5.74, 6) is 1.73. The van der Waals surface area contributed by atoms with Crippen LogP contribution in [0.1, 0.15) is 11.6 Å². The maximum atomic E-state index is 12.6. The van der Waals surface area contributed by atoms with Crippen molar-refractivity contribution in [2.24, 2.45) is 0 Å². The lowest BCUT2D eigenvalue weighted by atomic mass is 10.1. The molecule has 1 N–H and O–H groups in total. The van der Waals surface area contributed by atoms with Gasteiger partial charge in [-0.2, -0.15) is 5.10 Å². The Balaban J connectivity index is 1.39. The fourth-order valence-electron chi connectivity index (χ4n) is 2.93. The molecule has 0 aliphatic carbocycles. The summed E-state index contributed by atoms with van der Waals surface area (Å²) in [5, 5.41) is 7.25. The minimum Gasteiger partial charge on any atom is -0.486 e. The van der Waals surface area contributed by atoms with Crippen molar-refractivity contribution in [1.29, 1.82) is 0 Å². The molecule has 8 heteroatoms. The highest BCUT2D eigenvalue weighted by Gasteiger charge is 2.17. The van der Waals surface area contributed by atoms with Gasteiger partial charge in [0, 0.05) is 4.90 Å². The van der Waals surface area contributed by atoms with E-state index in [1.807, 2.05) is 48.5 Å². The van der Waals surface area contributed by atoms with E-state index in [1.165, 1.54) is 18.1 Å². The Kier molecular flexibility index (Phi) is 5.77. The summed E-state index contributed by atoms with van der Waals surface area (Å²) in [6.45, 7) is 1.63. The number of ether oxygens (including phenoxy) is 2. The van der Waals surface area contributed by atoms with Gasteiger partial charge in [0.05, 0.1) is 18.3 Å². The number of thioether (sulfide) groups is 1. The molecule has 1 atom stereocenters. The van der Waals surface area contributed by atoms with Crippen molar-refractivity contribution in [1.82, 2.24) is 20.1 Å². The summed E-state index contributed by atoms with van der Waals surface area (Å²) in [6, 6.07) is 15.4. The van der Waals surface area contributed by atoms with E-state index in [1.54, 1.807) is 11.0 Å². The maximum Gasteiger partial charge on any atom is 0.230 e. The first-order valence-electron chi connectivity index (χ1n) is 8.97. The molecule has 3 aromatic rings. The third-order valence-electron chi connectivity index (χ3n) is 4.26. The average Bonchev–Trinajstić information content (AvgIpc) is 3.25. The van der Waals surface area contributed by atoms with Crippen LogP contribution in [-0.4, -0.2) is 39.6 Å². The normalized spacial score (nSPS) is 13.7. The molecule has 4 rings (SSSR count). The van der Waals surface area contributed by atoms with Crippen molar-refractivity contribution in [3.63, 3.8) is 0 Å². The van der Waals surface area contributed by atoms with Crippen LogP contribution in [0.15, 0.2) is 66.1 Å². The molecular formula is C20H20N4O3S. The lowest BCUT2D eigenvalue weighted by Crippen LogP contribution is -2.32. The first-order valence-corrected chi connectivity index (χ1v) is 9.96. The number of nitrogens with zero attached hydrogens (tertiary/aromatic N) is 3. The predicted molar refractivity (Wildman–Crippen MR) is 106 cm³/mol. The number of rotatable bonds is 7. The number of nitrogens with one attached hydrogen (secondary N) is 1. The Morgan fingerprint density at radius 2 is 1.96 bits per heavy atom. The van der Waals surface area contributed by atoms with Gasteiger partial charge in [-0.15, -0.1) is 11.8 Å². The zero-order chi connectivity index (χ0) is 19.2. The van der Waals surface area contributed by atoms with E-state index in [9.17, 15) is 4.79 Å². The smallest absolute Gasteiger partial charge is 0.230 e. The number of fused-ring (bicyclic) bond motifs is 1. The van der Waals surface area contributed by atoms with Gasteiger partial charge >= 0.3 is 0 Å². The highest BCUT2D eigenvalue weighted by atomic mass is 32.2. The molecule has 1 unspecified atom stereocenters. The second-order valence-corrected chi connectivity index (χ2v) is 7.29. The minimum absolute atomic E-state index is 0.0474. The van der Waals surface area contributed by atoms with E-state index in [0.29, 0.717) is 25.5 Å². The quantitative estimate of drug-likeness (QED) is 0.619. The van der Waals surface area contributed by atoms with Crippen molar-refractivity contribution in [2.75, 3.05) is 19.0 Å². The van der Waals surface area contributed by atoms with Gasteiger partial charge in [-0.1, -0.05) is 30.3 Å². The summed E-state index contributed by atoms with van der Waals surface area (Å²) in [5.41, 5.74) is 1.02. The highest BCUT2D eigenvalue weighted by Crippen LogP contribution is 2.34. The van der Waals surface area contributed by atoms with Crippen molar-refractivity contribution in [3.05, 3.63) is 66.7 Å². The largest absolute Gasteiger partial charge is 0.486 e. The second kappa shape index (κ2) is 8.79. The average molecular weight is 396 g/mol. The lowest BCUT2D eigenvalue weighted by Gasteiger charge is -2.20. The molecule has 0 fully saturated rings. The van der Waals surface area contributed by atoms with E-state index in [4.69, 9.17) is 9.47 Å². The molecule has 1 aliphatic heterocycles. The summed E-state index contributed by atoms with van der Waals surface area (Å²) in [4.78, 5) is 17.5. The van der Waals surface area contributed by atoms with Gasteiger partial charge in [0.2, 0.25) is 5.91 Å². The predicted octanol–water partition coefficient (Wildman–Crippen LogP) is 2.70. The third kappa shape index (κ3) is 4.64. The molecule has 1 aliphatic rings. The molecule has 28 heavy (non-hydrogen) atoms. The molecule has 2 aromatic carbocycles. The van der Waals surface area contributed by atoms with Crippen LogP contribution in [0.5, 0.6) is 11.5 Å². The van der Waals surface area contributed by atoms with Gasteiger partial charge in [-0.25, -0.2) is 4.98 Å². The van der Waals surface area contributed by atoms with Crippen LogP contribution in [-0.2, 0) is 11.3 Å². The number of hydrogen-bond acceptors (Lipinski definition) is 6. The molecule has 144 valence electrons. The number of benzene rings is 2. The van der Waals surface area contributed by atoms with Gasteiger partial charge in [0.15, 0.2) is 11.5 Å². The van der Waals surface area contributed by atoms with Crippen LogP contribution in [0.3, 0.4) is 0 Å². The summed E-state index contributed by atoms with van der Waals surface area (Å²) >= 11 is 1.46. The highest BCUT2D eigenvalue weighted by molar-refractivity contribution is 8.00. The SMILES string of the molecule is O=C(CSc1ccc2c(c1)OCCO2)NC(Cn1cncn1)c1ccccc1. The van der Waals surface area contributed by atoms with Crippen molar-refractivity contribution < 1.29 is 14.3 Å². The first kappa shape index (κ1) is 18.4. The Morgan fingerprint density at radius 3 is 2.75 bits per heavy atom. The number of amides is 1. The van der Waals surface area contributed by atoms with Crippen molar-refractivity contribution in [3.8, 4) is 11.5 Å². The molecule has 1 aromatic heterocycles. The summed E-state index contributed by atoms with van der Waals surface area (Å²) in [7, 11) is 0. The lowest BCUT2D eigenvalue weighted by molar-refractivity contribution is -0.119. The Morgan fingerprint density at radius 1 is 1.14 bits per heavy atom. The zero-order valence-electron chi connectivity index (χ0n) is 15.2. The molecule has 1 amide bonds. The second-order valence-electron chi connectivity index (χ2n) is 6.24. The topological polar surface area (TPSA) is 78.3 Å². The Labute approximate surface area is 167 Å². The number of carbonyl (C=O) groups is 1. The number of hydrogen-bond donors (Lipinski definition) is 1. The van der Waals surface area contributed by atoms with Crippen LogP contribution in [0, 0.1) is 0 Å². The number of carbonyl (C=O) groups excluding carboxylic acids is 1. The monoisotopic (exact) mass is 396 g/mol. The molecule has 2 heterocycles.